The standard InChI is InChI=1S/C28H36N4O3/c1-20(2)17-31-19-25(23-10-6-7-11-24(23)27(31)33)29-28(34)32(22-13-15-30(3)16-14-22)18-21-9-5-8-12-26(21)35-4/h5-12,19-20,22H,13-18H2,1-4H3,(H,29,34). The summed E-state index contributed by atoms with van der Waals surface area (Å²) in [6, 6.07) is 15.3. The number of amides is 2. The molecule has 7 heteroatoms. The first-order valence-corrected chi connectivity index (χ1v) is 12.4. The van der Waals surface area contributed by atoms with Gasteiger partial charge in [-0.15, -0.1) is 0 Å². The maximum atomic E-state index is 13.8. The van der Waals surface area contributed by atoms with Crippen molar-refractivity contribution in [1.82, 2.24) is 14.4 Å². The van der Waals surface area contributed by atoms with Gasteiger partial charge in [0.05, 0.1) is 19.3 Å². The van der Waals surface area contributed by atoms with E-state index in [9.17, 15) is 9.59 Å². The van der Waals surface area contributed by atoms with Gasteiger partial charge < -0.3 is 24.4 Å². The summed E-state index contributed by atoms with van der Waals surface area (Å²) >= 11 is 0. The van der Waals surface area contributed by atoms with Gasteiger partial charge in [-0.05, 0) is 51.0 Å². The maximum absolute atomic E-state index is 13.8. The fourth-order valence-electron chi connectivity index (χ4n) is 4.85. The third kappa shape index (κ3) is 5.68. The molecule has 0 spiro atoms. The molecule has 3 aromatic rings. The van der Waals surface area contributed by atoms with Crippen molar-refractivity contribution in [2.75, 3.05) is 32.6 Å². The van der Waals surface area contributed by atoms with Gasteiger partial charge in [0.2, 0.25) is 0 Å². The first kappa shape index (κ1) is 24.8. The number of pyridine rings is 1. The van der Waals surface area contributed by atoms with Crippen molar-refractivity contribution in [2.45, 2.75) is 45.8 Å². The molecular weight excluding hydrogens is 440 g/mol. The third-order valence-corrected chi connectivity index (χ3v) is 6.72. The molecule has 4 rings (SSSR count). The molecular formula is C28H36N4O3. The van der Waals surface area contributed by atoms with Crippen molar-refractivity contribution in [2.24, 2.45) is 5.92 Å². The molecule has 7 nitrogen and oxygen atoms in total. The van der Waals surface area contributed by atoms with E-state index in [-0.39, 0.29) is 17.6 Å². The number of para-hydroxylation sites is 1. The highest BCUT2D eigenvalue weighted by Crippen LogP contribution is 2.26. The lowest BCUT2D eigenvalue weighted by Crippen LogP contribution is -2.47. The summed E-state index contributed by atoms with van der Waals surface area (Å²) in [7, 11) is 3.77. The first-order valence-electron chi connectivity index (χ1n) is 12.4. The number of fused-ring (bicyclic) bond motifs is 1. The number of urea groups is 1. The van der Waals surface area contributed by atoms with E-state index < -0.39 is 0 Å². The number of methoxy groups -OCH3 is 1. The largest absolute Gasteiger partial charge is 0.496 e. The maximum Gasteiger partial charge on any atom is 0.322 e. The Kier molecular flexibility index (Phi) is 7.76. The minimum atomic E-state index is -0.162. The molecule has 1 aromatic heterocycles. The van der Waals surface area contributed by atoms with Crippen LogP contribution in [0.25, 0.3) is 10.8 Å². The lowest BCUT2D eigenvalue weighted by atomic mass is 10.0. The first-order chi connectivity index (χ1) is 16.9. The molecule has 2 heterocycles. The van der Waals surface area contributed by atoms with Crippen LogP contribution in [0.2, 0.25) is 0 Å². The molecule has 1 saturated heterocycles. The summed E-state index contributed by atoms with van der Waals surface area (Å²) in [5.41, 5.74) is 1.59. The summed E-state index contributed by atoms with van der Waals surface area (Å²) in [6.45, 7) is 7.09. The Balaban J connectivity index is 1.69. The van der Waals surface area contributed by atoms with E-state index >= 15 is 0 Å². The van der Waals surface area contributed by atoms with Gasteiger partial charge in [-0.1, -0.05) is 50.2 Å². The van der Waals surface area contributed by atoms with Crippen LogP contribution in [-0.2, 0) is 13.1 Å². The van der Waals surface area contributed by atoms with Crippen molar-refractivity contribution in [1.29, 1.82) is 0 Å². The predicted molar refractivity (Wildman–Crippen MR) is 141 cm³/mol. The molecule has 2 aromatic carbocycles. The van der Waals surface area contributed by atoms with Crippen LogP contribution < -0.4 is 15.6 Å². The number of piperidine rings is 1. The van der Waals surface area contributed by atoms with E-state index in [1.54, 1.807) is 17.9 Å². The summed E-state index contributed by atoms with van der Waals surface area (Å²) in [6.07, 6.45) is 3.61. The molecule has 1 N–H and O–H groups in total. The molecule has 1 aliphatic rings. The molecule has 1 fully saturated rings. The van der Waals surface area contributed by atoms with E-state index in [4.69, 9.17) is 4.74 Å². The van der Waals surface area contributed by atoms with E-state index in [2.05, 4.69) is 31.1 Å². The Morgan fingerprint density at radius 2 is 1.74 bits per heavy atom. The number of rotatable bonds is 7. The van der Waals surface area contributed by atoms with Gasteiger partial charge in [-0.25, -0.2) is 4.79 Å². The van der Waals surface area contributed by atoms with Crippen LogP contribution in [0.1, 0.15) is 32.3 Å². The van der Waals surface area contributed by atoms with Gasteiger partial charge in [0.25, 0.3) is 5.56 Å². The SMILES string of the molecule is COc1ccccc1CN(C(=O)Nc1cn(CC(C)C)c(=O)c2ccccc12)C1CCN(C)CC1. The fourth-order valence-corrected chi connectivity index (χ4v) is 4.85. The minimum Gasteiger partial charge on any atom is -0.496 e. The zero-order valence-electron chi connectivity index (χ0n) is 21.2. The van der Waals surface area contributed by atoms with Crippen molar-refractivity contribution in [3.63, 3.8) is 0 Å². The number of likely N-dealkylation sites (tertiary alicyclic amines) is 1. The topological polar surface area (TPSA) is 66.8 Å². The number of carbonyl (C=O) groups excluding carboxylic acids is 1. The normalized spacial score (nSPS) is 14.9. The van der Waals surface area contributed by atoms with Gasteiger partial charge in [-0.2, -0.15) is 0 Å². The van der Waals surface area contributed by atoms with Gasteiger partial charge >= 0.3 is 6.03 Å². The molecule has 2 amide bonds. The monoisotopic (exact) mass is 476 g/mol. The van der Waals surface area contributed by atoms with Crippen LogP contribution in [0.15, 0.2) is 59.5 Å². The highest BCUT2D eigenvalue weighted by atomic mass is 16.5. The van der Waals surface area contributed by atoms with Crippen LogP contribution in [0.4, 0.5) is 10.5 Å². The molecule has 0 bridgehead atoms. The lowest BCUT2D eigenvalue weighted by Gasteiger charge is -2.37. The molecule has 186 valence electrons. The number of hydrogen-bond acceptors (Lipinski definition) is 4. The van der Waals surface area contributed by atoms with E-state index in [0.717, 1.165) is 42.6 Å². The lowest BCUT2D eigenvalue weighted by molar-refractivity contribution is 0.135. The summed E-state index contributed by atoms with van der Waals surface area (Å²) in [4.78, 5) is 31.1. The number of ether oxygens (including phenoxy) is 1. The highest BCUT2D eigenvalue weighted by molar-refractivity contribution is 6.01. The van der Waals surface area contributed by atoms with Gasteiger partial charge in [-0.3, -0.25) is 4.79 Å². The predicted octanol–water partition coefficient (Wildman–Crippen LogP) is 4.79. The van der Waals surface area contributed by atoms with Crippen molar-refractivity contribution in [3.8, 4) is 5.75 Å². The Bertz CT molecular complexity index is 1230. The number of anilines is 1. The van der Waals surface area contributed by atoms with E-state index in [0.29, 0.717) is 30.1 Å². The molecule has 35 heavy (non-hydrogen) atoms. The summed E-state index contributed by atoms with van der Waals surface area (Å²) in [5, 5.41) is 4.53. The second-order valence-electron chi connectivity index (χ2n) is 9.84. The average Bonchev–Trinajstić information content (AvgIpc) is 2.86. The number of carbonyl (C=O) groups is 1. The fraction of sp³-hybridized carbons (Fsp3) is 0.429. The number of hydrogen-bond donors (Lipinski definition) is 1. The number of nitrogens with zero attached hydrogens (tertiary/aromatic N) is 3. The van der Waals surface area contributed by atoms with Crippen molar-refractivity contribution < 1.29 is 9.53 Å². The Hall–Kier alpha value is -3.32. The molecule has 0 unspecified atom stereocenters. The van der Waals surface area contributed by atoms with Crippen molar-refractivity contribution in [3.05, 3.63) is 70.6 Å². The molecule has 0 saturated carbocycles. The van der Waals surface area contributed by atoms with Gasteiger partial charge in [0.15, 0.2) is 0 Å². The zero-order valence-corrected chi connectivity index (χ0v) is 21.2. The number of nitrogens with one attached hydrogen (secondary N) is 1. The zero-order chi connectivity index (χ0) is 24.9. The van der Waals surface area contributed by atoms with Gasteiger partial charge in [0.1, 0.15) is 5.75 Å². The average molecular weight is 477 g/mol. The number of aromatic nitrogens is 1. The van der Waals surface area contributed by atoms with Gasteiger partial charge in [0, 0.05) is 35.1 Å². The Labute approximate surface area is 207 Å². The van der Waals surface area contributed by atoms with Crippen LogP contribution in [0, 0.1) is 5.92 Å². The smallest absolute Gasteiger partial charge is 0.322 e. The second kappa shape index (κ2) is 11.0. The highest BCUT2D eigenvalue weighted by Gasteiger charge is 2.28. The number of benzene rings is 2. The summed E-state index contributed by atoms with van der Waals surface area (Å²) in [5.74, 6) is 1.08. The molecule has 0 atom stereocenters. The van der Waals surface area contributed by atoms with Crippen LogP contribution in [-0.4, -0.2) is 53.7 Å². The van der Waals surface area contributed by atoms with E-state index in [1.165, 1.54) is 0 Å². The Morgan fingerprint density at radius 3 is 2.43 bits per heavy atom. The van der Waals surface area contributed by atoms with Crippen molar-refractivity contribution >= 4 is 22.5 Å². The van der Waals surface area contributed by atoms with Crippen LogP contribution in [0.3, 0.4) is 0 Å². The summed E-state index contributed by atoms with van der Waals surface area (Å²) < 4.78 is 7.28. The molecule has 0 radical (unpaired) electrons. The quantitative estimate of drug-likeness (QED) is 0.532. The Morgan fingerprint density at radius 1 is 1.09 bits per heavy atom. The van der Waals surface area contributed by atoms with E-state index in [1.807, 2.05) is 53.4 Å². The third-order valence-electron chi connectivity index (χ3n) is 6.72. The molecule has 0 aliphatic carbocycles. The molecule has 1 aliphatic heterocycles. The second-order valence-corrected chi connectivity index (χ2v) is 9.84. The van der Waals surface area contributed by atoms with Crippen LogP contribution >= 0.6 is 0 Å². The van der Waals surface area contributed by atoms with Crippen LogP contribution in [0.5, 0.6) is 5.75 Å². The minimum absolute atomic E-state index is 0.0338.